The van der Waals surface area contributed by atoms with Crippen LogP contribution < -0.4 is 15.8 Å². The number of aromatic nitrogens is 2. The molecule has 0 aliphatic heterocycles. The predicted molar refractivity (Wildman–Crippen MR) is 71.7 cm³/mol. The van der Waals surface area contributed by atoms with Gasteiger partial charge in [0.05, 0.1) is 6.10 Å². The number of rotatable bonds is 4. The van der Waals surface area contributed by atoms with Gasteiger partial charge in [0.15, 0.2) is 0 Å². The van der Waals surface area contributed by atoms with Gasteiger partial charge in [-0.05, 0) is 26.7 Å². The smallest absolute Gasteiger partial charge is 0.226 e. The minimum atomic E-state index is 0.115. The van der Waals surface area contributed by atoms with Crippen molar-refractivity contribution in [3.8, 4) is 5.88 Å². The van der Waals surface area contributed by atoms with Crippen LogP contribution in [-0.4, -0.2) is 28.2 Å². The molecule has 1 aromatic rings. The van der Waals surface area contributed by atoms with Crippen molar-refractivity contribution in [1.82, 2.24) is 9.97 Å². The molecular weight excluding hydrogens is 228 g/mol. The van der Waals surface area contributed by atoms with Gasteiger partial charge < -0.3 is 15.8 Å². The molecule has 1 aliphatic carbocycles. The summed E-state index contributed by atoms with van der Waals surface area (Å²) in [5, 5.41) is 3.32. The fourth-order valence-corrected chi connectivity index (χ4v) is 2.22. The highest BCUT2D eigenvalue weighted by atomic mass is 16.5. The van der Waals surface area contributed by atoms with E-state index in [2.05, 4.69) is 15.3 Å². The number of ether oxygens (including phenoxy) is 1. The Balaban J connectivity index is 1.99. The van der Waals surface area contributed by atoms with Gasteiger partial charge in [-0.3, -0.25) is 0 Å². The normalized spacial score (nSPS) is 24.0. The molecule has 2 unspecified atom stereocenters. The fourth-order valence-electron chi connectivity index (χ4n) is 2.22. The Morgan fingerprint density at radius 2 is 2.17 bits per heavy atom. The average Bonchev–Trinajstić information content (AvgIpc) is 2.32. The van der Waals surface area contributed by atoms with Crippen LogP contribution in [0.1, 0.15) is 39.5 Å². The van der Waals surface area contributed by atoms with Crippen LogP contribution >= 0.6 is 0 Å². The van der Waals surface area contributed by atoms with E-state index in [1.807, 2.05) is 13.8 Å². The van der Waals surface area contributed by atoms with Crippen LogP contribution in [0.5, 0.6) is 5.88 Å². The van der Waals surface area contributed by atoms with Crippen LogP contribution in [0.3, 0.4) is 0 Å². The number of nitrogens with one attached hydrogen (secondary N) is 1. The second-order valence-electron chi connectivity index (χ2n) is 5.08. The minimum absolute atomic E-state index is 0.115. The zero-order chi connectivity index (χ0) is 13.0. The molecule has 100 valence electrons. The topological polar surface area (TPSA) is 73.1 Å². The summed E-state index contributed by atoms with van der Waals surface area (Å²) in [4.78, 5) is 8.56. The first-order chi connectivity index (χ1) is 8.65. The molecule has 1 aromatic heterocycles. The summed E-state index contributed by atoms with van der Waals surface area (Å²) in [5.74, 6) is 1.21. The van der Waals surface area contributed by atoms with E-state index in [9.17, 15) is 0 Å². The van der Waals surface area contributed by atoms with Crippen molar-refractivity contribution < 1.29 is 4.74 Å². The highest BCUT2D eigenvalue weighted by Gasteiger charge is 2.22. The molecule has 1 fully saturated rings. The fraction of sp³-hybridized carbons (Fsp3) is 0.692. The first-order valence-corrected chi connectivity index (χ1v) is 6.67. The van der Waals surface area contributed by atoms with Crippen molar-refractivity contribution in [2.45, 2.75) is 57.7 Å². The summed E-state index contributed by atoms with van der Waals surface area (Å²) in [6.07, 6.45) is 6.41. The minimum Gasteiger partial charge on any atom is -0.475 e. The number of nitrogens with zero attached hydrogens (tertiary/aromatic N) is 2. The number of nitrogens with two attached hydrogens (primary N) is 1. The lowest BCUT2D eigenvalue weighted by Gasteiger charge is -2.29. The van der Waals surface area contributed by atoms with Crippen molar-refractivity contribution in [3.63, 3.8) is 0 Å². The maximum absolute atomic E-state index is 6.10. The van der Waals surface area contributed by atoms with E-state index < -0.39 is 0 Å². The van der Waals surface area contributed by atoms with Gasteiger partial charge in [-0.25, -0.2) is 4.98 Å². The van der Waals surface area contributed by atoms with Gasteiger partial charge in [0.1, 0.15) is 0 Å². The highest BCUT2D eigenvalue weighted by molar-refractivity contribution is 5.29. The van der Waals surface area contributed by atoms with Crippen molar-refractivity contribution in [3.05, 3.63) is 12.3 Å². The van der Waals surface area contributed by atoms with Crippen LogP contribution in [0.2, 0.25) is 0 Å². The number of hydrogen-bond donors (Lipinski definition) is 2. The van der Waals surface area contributed by atoms with Crippen LogP contribution in [0.15, 0.2) is 12.3 Å². The van der Waals surface area contributed by atoms with Gasteiger partial charge in [0.25, 0.3) is 0 Å². The Morgan fingerprint density at radius 3 is 2.89 bits per heavy atom. The molecule has 2 rings (SSSR count). The van der Waals surface area contributed by atoms with E-state index in [-0.39, 0.29) is 18.2 Å². The lowest BCUT2D eigenvalue weighted by Crippen LogP contribution is -2.42. The Bertz CT molecular complexity index is 383. The summed E-state index contributed by atoms with van der Waals surface area (Å²) in [6, 6.07) is 2.23. The summed E-state index contributed by atoms with van der Waals surface area (Å²) >= 11 is 0. The second-order valence-corrected chi connectivity index (χ2v) is 5.08. The van der Waals surface area contributed by atoms with Gasteiger partial charge in [-0.1, -0.05) is 12.8 Å². The van der Waals surface area contributed by atoms with Crippen molar-refractivity contribution in [2.24, 2.45) is 5.73 Å². The summed E-state index contributed by atoms with van der Waals surface area (Å²) in [5.41, 5.74) is 6.10. The maximum atomic E-state index is 6.10. The molecule has 3 N–H and O–H groups in total. The summed E-state index contributed by atoms with van der Waals surface area (Å²) < 4.78 is 5.55. The zero-order valence-electron chi connectivity index (χ0n) is 11.1. The Morgan fingerprint density at radius 1 is 1.39 bits per heavy atom. The third-order valence-electron chi connectivity index (χ3n) is 3.12. The third kappa shape index (κ3) is 3.57. The SMILES string of the molecule is CC(C)Oc1ccnc(NC2CCCCC2N)n1. The Hall–Kier alpha value is -1.36. The maximum Gasteiger partial charge on any atom is 0.226 e. The molecule has 0 radical (unpaired) electrons. The second kappa shape index (κ2) is 6.00. The van der Waals surface area contributed by atoms with E-state index in [0.717, 1.165) is 12.8 Å². The third-order valence-corrected chi connectivity index (χ3v) is 3.12. The van der Waals surface area contributed by atoms with E-state index in [1.165, 1.54) is 12.8 Å². The molecule has 1 aliphatic rings. The summed E-state index contributed by atoms with van der Waals surface area (Å²) in [7, 11) is 0. The van der Waals surface area contributed by atoms with Crippen molar-refractivity contribution >= 4 is 5.95 Å². The summed E-state index contributed by atoms with van der Waals surface area (Å²) in [6.45, 7) is 3.96. The van der Waals surface area contributed by atoms with E-state index in [1.54, 1.807) is 12.3 Å². The quantitative estimate of drug-likeness (QED) is 0.854. The van der Waals surface area contributed by atoms with Gasteiger partial charge in [-0.15, -0.1) is 0 Å². The van der Waals surface area contributed by atoms with Gasteiger partial charge >= 0.3 is 0 Å². The molecule has 0 amide bonds. The molecule has 0 aromatic carbocycles. The largest absolute Gasteiger partial charge is 0.475 e. The molecule has 0 saturated heterocycles. The van der Waals surface area contributed by atoms with E-state index >= 15 is 0 Å². The molecule has 0 spiro atoms. The molecule has 1 saturated carbocycles. The van der Waals surface area contributed by atoms with Gasteiger partial charge in [0, 0.05) is 24.3 Å². The molecule has 5 heteroatoms. The van der Waals surface area contributed by atoms with Crippen molar-refractivity contribution in [2.75, 3.05) is 5.32 Å². The van der Waals surface area contributed by atoms with Crippen LogP contribution in [0, 0.1) is 0 Å². The lowest BCUT2D eigenvalue weighted by molar-refractivity contribution is 0.232. The average molecular weight is 250 g/mol. The van der Waals surface area contributed by atoms with Gasteiger partial charge in [-0.2, -0.15) is 4.98 Å². The Labute approximate surface area is 108 Å². The molecule has 18 heavy (non-hydrogen) atoms. The standard InChI is InChI=1S/C13H22N4O/c1-9(2)18-12-7-8-15-13(17-12)16-11-6-4-3-5-10(11)14/h7-11H,3-6,14H2,1-2H3,(H,15,16,17). The van der Waals surface area contributed by atoms with E-state index in [0.29, 0.717) is 11.8 Å². The van der Waals surface area contributed by atoms with Crippen molar-refractivity contribution in [1.29, 1.82) is 0 Å². The lowest BCUT2D eigenvalue weighted by atomic mass is 9.91. The first-order valence-electron chi connectivity index (χ1n) is 6.67. The molecular formula is C13H22N4O. The first kappa shape index (κ1) is 13.1. The monoisotopic (exact) mass is 250 g/mol. The number of anilines is 1. The predicted octanol–water partition coefficient (Wildman–Crippen LogP) is 1.95. The molecule has 0 bridgehead atoms. The molecule has 2 atom stereocenters. The van der Waals surface area contributed by atoms with Crippen LogP contribution in [0.4, 0.5) is 5.95 Å². The van der Waals surface area contributed by atoms with E-state index in [4.69, 9.17) is 10.5 Å². The van der Waals surface area contributed by atoms with Crippen LogP contribution in [-0.2, 0) is 0 Å². The number of hydrogen-bond acceptors (Lipinski definition) is 5. The van der Waals surface area contributed by atoms with Gasteiger partial charge in [0.2, 0.25) is 11.8 Å². The zero-order valence-corrected chi connectivity index (χ0v) is 11.1. The van der Waals surface area contributed by atoms with Crippen LogP contribution in [0.25, 0.3) is 0 Å². The molecule has 5 nitrogen and oxygen atoms in total. The highest BCUT2D eigenvalue weighted by Crippen LogP contribution is 2.20. The Kier molecular flexibility index (Phi) is 4.36. The molecule has 1 heterocycles.